The van der Waals surface area contributed by atoms with Crippen LogP contribution in [0.2, 0.25) is 0 Å². The number of aryl methyl sites for hydroxylation is 1. The molecule has 0 saturated carbocycles. The first-order chi connectivity index (χ1) is 12.8. The second-order valence-electron chi connectivity index (χ2n) is 5.65. The number of carbonyl (C=O) groups excluding carboxylic acids is 3. The average molecular weight is 386 g/mol. The number of carboxylic acids is 1. The standard InChI is InChI=1S/C18H14N2O6S/c1-10-2-7-13(26-10)8-14-16(22)20(18(25)27-14)9-15(21)19-12-5-3-11(4-6-12)17(23)24/h2-8H,9H2,1H3,(H,19,21)(H,23,24)/b14-8-. The summed E-state index contributed by atoms with van der Waals surface area (Å²) in [5, 5.41) is 10.8. The van der Waals surface area contributed by atoms with Gasteiger partial charge < -0.3 is 14.8 Å². The van der Waals surface area contributed by atoms with Crippen LogP contribution in [0.4, 0.5) is 10.5 Å². The van der Waals surface area contributed by atoms with E-state index < -0.39 is 29.6 Å². The summed E-state index contributed by atoms with van der Waals surface area (Å²) in [6.45, 7) is 1.32. The third kappa shape index (κ3) is 4.26. The lowest BCUT2D eigenvalue weighted by Gasteiger charge is -2.12. The highest BCUT2D eigenvalue weighted by Gasteiger charge is 2.36. The molecule has 1 fully saturated rings. The van der Waals surface area contributed by atoms with Gasteiger partial charge in [0, 0.05) is 11.8 Å². The maximum Gasteiger partial charge on any atom is 0.335 e. The predicted octanol–water partition coefficient (Wildman–Crippen LogP) is 2.96. The second kappa shape index (κ2) is 7.50. The van der Waals surface area contributed by atoms with Crippen molar-refractivity contribution in [1.82, 2.24) is 4.90 Å². The number of benzene rings is 1. The van der Waals surface area contributed by atoms with E-state index in [9.17, 15) is 19.2 Å². The smallest absolute Gasteiger partial charge is 0.335 e. The minimum atomic E-state index is -1.08. The van der Waals surface area contributed by atoms with Crippen molar-refractivity contribution >= 4 is 46.5 Å². The van der Waals surface area contributed by atoms with Crippen LogP contribution in [-0.4, -0.2) is 39.6 Å². The molecule has 0 radical (unpaired) electrons. The summed E-state index contributed by atoms with van der Waals surface area (Å²) in [6.07, 6.45) is 1.46. The van der Waals surface area contributed by atoms with Gasteiger partial charge in [-0.1, -0.05) is 0 Å². The Morgan fingerprint density at radius 1 is 1.19 bits per heavy atom. The molecule has 9 heteroatoms. The van der Waals surface area contributed by atoms with Crippen molar-refractivity contribution in [2.45, 2.75) is 6.92 Å². The molecule has 138 valence electrons. The minimum absolute atomic E-state index is 0.0808. The molecule has 1 aromatic carbocycles. The van der Waals surface area contributed by atoms with Gasteiger partial charge in [-0.3, -0.25) is 19.3 Å². The number of rotatable bonds is 5. The lowest BCUT2D eigenvalue weighted by Crippen LogP contribution is -2.36. The number of imide groups is 1. The summed E-state index contributed by atoms with van der Waals surface area (Å²) in [7, 11) is 0. The molecule has 2 N–H and O–H groups in total. The number of aromatic carboxylic acids is 1. The normalized spacial score (nSPS) is 15.4. The third-order valence-electron chi connectivity index (χ3n) is 3.63. The van der Waals surface area contributed by atoms with Gasteiger partial charge in [0.25, 0.3) is 11.1 Å². The van der Waals surface area contributed by atoms with E-state index in [1.807, 2.05) is 0 Å². The molecule has 1 saturated heterocycles. The number of hydrogen-bond acceptors (Lipinski definition) is 6. The van der Waals surface area contributed by atoms with Gasteiger partial charge in [-0.25, -0.2) is 4.79 Å². The highest BCUT2D eigenvalue weighted by molar-refractivity contribution is 8.18. The Kier molecular flexibility index (Phi) is 5.13. The average Bonchev–Trinajstić information content (AvgIpc) is 3.13. The van der Waals surface area contributed by atoms with Crippen LogP contribution >= 0.6 is 11.8 Å². The fourth-order valence-electron chi connectivity index (χ4n) is 2.34. The topological polar surface area (TPSA) is 117 Å². The van der Waals surface area contributed by atoms with Crippen LogP contribution in [-0.2, 0) is 9.59 Å². The van der Waals surface area contributed by atoms with Crippen molar-refractivity contribution in [3.05, 3.63) is 58.4 Å². The quantitative estimate of drug-likeness (QED) is 0.759. The Labute approximate surface area is 157 Å². The SMILES string of the molecule is Cc1ccc(/C=C2\SC(=O)N(CC(=O)Nc3ccc(C(=O)O)cc3)C2=O)o1. The Morgan fingerprint density at radius 2 is 1.89 bits per heavy atom. The lowest BCUT2D eigenvalue weighted by atomic mass is 10.2. The van der Waals surface area contributed by atoms with Gasteiger partial charge in [0.05, 0.1) is 10.5 Å². The molecule has 0 bridgehead atoms. The van der Waals surface area contributed by atoms with Gasteiger partial charge in [-0.15, -0.1) is 0 Å². The lowest BCUT2D eigenvalue weighted by molar-refractivity contribution is -0.127. The van der Waals surface area contributed by atoms with Gasteiger partial charge >= 0.3 is 5.97 Å². The van der Waals surface area contributed by atoms with Crippen molar-refractivity contribution in [3.63, 3.8) is 0 Å². The van der Waals surface area contributed by atoms with Crippen molar-refractivity contribution in [2.75, 3.05) is 11.9 Å². The number of nitrogens with one attached hydrogen (secondary N) is 1. The van der Waals surface area contributed by atoms with Gasteiger partial charge in [0.15, 0.2) is 0 Å². The predicted molar refractivity (Wildman–Crippen MR) is 98.2 cm³/mol. The van der Waals surface area contributed by atoms with Crippen molar-refractivity contribution in [3.8, 4) is 0 Å². The molecule has 0 aliphatic carbocycles. The van der Waals surface area contributed by atoms with E-state index in [0.717, 1.165) is 16.7 Å². The summed E-state index contributed by atoms with van der Waals surface area (Å²) in [6, 6.07) is 8.94. The monoisotopic (exact) mass is 386 g/mol. The number of nitrogens with zero attached hydrogens (tertiary/aromatic N) is 1. The fraction of sp³-hybridized carbons (Fsp3) is 0.111. The number of thioether (sulfide) groups is 1. The van der Waals surface area contributed by atoms with E-state index in [1.165, 1.54) is 30.3 Å². The van der Waals surface area contributed by atoms with E-state index in [4.69, 9.17) is 9.52 Å². The first kappa shape index (κ1) is 18.5. The van der Waals surface area contributed by atoms with Crippen molar-refractivity contribution in [2.24, 2.45) is 0 Å². The highest BCUT2D eigenvalue weighted by Crippen LogP contribution is 2.32. The molecule has 0 unspecified atom stereocenters. The Bertz CT molecular complexity index is 960. The number of carbonyl (C=O) groups is 4. The molecule has 27 heavy (non-hydrogen) atoms. The largest absolute Gasteiger partial charge is 0.478 e. The van der Waals surface area contributed by atoms with Gasteiger partial charge in [0.2, 0.25) is 5.91 Å². The number of carboxylic acid groups (broad SMARTS) is 1. The van der Waals surface area contributed by atoms with Crippen LogP contribution in [0, 0.1) is 6.92 Å². The van der Waals surface area contributed by atoms with Crippen LogP contribution in [0.5, 0.6) is 0 Å². The summed E-state index contributed by atoms with van der Waals surface area (Å²) >= 11 is 0.733. The van der Waals surface area contributed by atoms with Crippen LogP contribution < -0.4 is 5.32 Å². The van der Waals surface area contributed by atoms with Gasteiger partial charge in [0.1, 0.15) is 18.1 Å². The summed E-state index contributed by atoms with van der Waals surface area (Å²) in [4.78, 5) is 48.4. The van der Waals surface area contributed by atoms with E-state index in [2.05, 4.69) is 5.32 Å². The molecule has 3 rings (SSSR count). The van der Waals surface area contributed by atoms with Crippen LogP contribution in [0.25, 0.3) is 6.08 Å². The van der Waals surface area contributed by atoms with E-state index in [-0.39, 0.29) is 10.5 Å². The maximum absolute atomic E-state index is 12.4. The van der Waals surface area contributed by atoms with Crippen molar-refractivity contribution in [1.29, 1.82) is 0 Å². The fourth-order valence-corrected chi connectivity index (χ4v) is 3.16. The Morgan fingerprint density at radius 3 is 2.48 bits per heavy atom. The molecule has 8 nitrogen and oxygen atoms in total. The van der Waals surface area contributed by atoms with E-state index in [1.54, 1.807) is 19.1 Å². The Hall–Kier alpha value is -3.33. The molecule has 1 aliphatic heterocycles. The van der Waals surface area contributed by atoms with Gasteiger partial charge in [-0.2, -0.15) is 0 Å². The molecule has 1 aliphatic rings. The molecule has 1 aromatic heterocycles. The van der Waals surface area contributed by atoms with E-state index >= 15 is 0 Å². The molecule has 3 amide bonds. The Balaban J connectivity index is 1.65. The second-order valence-corrected chi connectivity index (χ2v) is 6.64. The zero-order valence-corrected chi connectivity index (χ0v) is 14.9. The number of hydrogen-bond donors (Lipinski definition) is 2. The van der Waals surface area contributed by atoms with Crippen molar-refractivity contribution < 1.29 is 28.7 Å². The number of anilines is 1. The molecular weight excluding hydrogens is 372 g/mol. The number of furan rings is 1. The third-order valence-corrected chi connectivity index (χ3v) is 4.53. The van der Waals surface area contributed by atoms with Crippen LogP contribution in [0.15, 0.2) is 45.7 Å². The first-order valence-corrected chi connectivity index (χ1v) is 8.60. The van der Waals surface area contributed by atoms with Gasteiger partial charge in [-0.05, 0) is 55.1 Å². The first-order valence-electron chi connectivity index (χ1n) is 7.78. The van der Waals surface area contributed by atoms with Crippen LogP contribution in [0.1, 0.15) is 21.9 Å². The minimum Gasteiger partial charge on any atom is -0.478 e. The highest BCUT2D eigenvalue weighted by atomic mass is 32.2. The molecular formula is C18H14N2O6S. The van der Waals surface area contributed by atoms with Crippen LogP contribution in [0.3, 0.4) is 0 Å². The summed E-state index contributed by atoms with van der Waals surface area (Å²) in [5.41, 5.74) is 0.441. The zero-order valence-electron chi connectivity index (χ0n) is 14.1. The molecule has 0 spiro atoms. The maximum atomic E-state index is 12.4. The molecule has 2 heterocycles. The molecule has 2 aromatic rings. The zero-order chi connectivity index (χ0) is 19.6. The summed E-state index contributed by atoms with van der Waals surface area (Å²) in [5.74, 6) is -1.11. The molecule has 0 atom stereocenters. The number of amides is 3. The summed E-state index contributed by atoms with van der Waals surface area (Å²) < 4.78 is 5.36. The van der Waals surface area contributed by atoms with E-state index in [0.29, 0.717) is 17.2 Å².